The number of halogens is 1. The highest BCUT2D eigenvalue weighted by atomic mass is 28.4. The van der Waals surface area contributed by atoms with Gasteiger partial charge in [0.25, 0.3) is 0 Å². The van der Waals surface area contributed by atoms with Crippen molar-refractivity contribution in [1.82, 2.24) is 5.32 Å². The van der Waals surface area contributed by atoms with Gasteiger partial charge in [-0.2, -0.15) is 0 Å². The molecule has 0 saturated carbocycles. The van der Waals surface area contributed by atoms with E-state index in [9.17, 15) is 8.90 Å². The molecule has 2 rings (SSSR count). The summed E-state index contributed by atoms with van der Waals surface area (Å²) in [6.45, 7) is 5.21. The van der Waals surface area contributed by atoms with Crippen molar-refractivity contribution < 1.29 is 8.90 Å². The second-order valence-electron chi connectivity index (χ2n) is 5.28. The van der Waals surface area contributed by atoms with E-state index in [2.05, 4.69) is 5.32 Å². The molecule has 0 aromatic heterocycles. The lowest BCUT2D eigenvalue weighted by Gasteiger charge is -2.43. The molecule has 3 atom stereocenters. The Morgan fingerprint density at radius 1 is 1.29 bits per heavy atom. The Bertz CT molecular complexity index is 415. The molecule has 1 aliphatic heterocycles. The molecule has 1 amide bonds. The van der Waals surface area contributed by atoms with Gasteiger partial charge in [0.2, 0.25) is 14.3 Å². The van der Waals surface area contributed by atoms with Gasteiger partial charge in [-0.3, -0.25) is 4.79 Å². The number of carbonyl (C=O) groups excluding carboxylic acids is 1. The molecular formula is C13H18FNOSi. The standard InChI is InChI=1S/C13H18FNOSi/c1-9(17(2,3)14)11-12(15-13(11)16)10-7-5-4-6-8-10/h4-9,11-12H,1-3H3,(H,15,16)/t9-,11+,12-/m1/s1. The van der Waals surface area contributed by atoms with Crippen LogP contribution in [-0.4, -0.2) is 14.3 Å². The third-order valence-electron chi connectivity index (χ3n) is 3.74. The Kier molecular flexibility index (Phi) is 3.08. The molecule has 1 heterocycles. The van der Waals surface area contributed by atoms with Crippen LogP contribution in [-0.2, 0) is 4.79 Å². The predicted molar refractivity (Wildman–Crippen MR) is 68.8 cm³/mol. The minimum absolute atomic E-state index is 0.00965. The average Bonchev–Trinajstić information content (AvgIpc) is 2.25. The molecule has 1 aromatic carbocycles. The maximum Gasteiger partial charge on any atom is 0.244 e. The molecule has 1 aliphatic rings. The molecule has 2 nitrogen and oxygen atoms in total. The first-order valence-electron chi connectivity index (χ1n) is 5.95. The van der Waals surface area contributed by atoms with Gasteiger partial charge in [-0.15, -0.1) is 0 Å². The molecule has 92 valence electrons. The number of β-lactam (4-membered cyclic amide) rings is 1. The van der Waals surface area contributed by atoms with Crippen LogP contribution in [0.25, 0.3) is 0 Å². The van der Waals surface area contributed by atoms with Gasteiger partial charge in [0.1, 0.15) is 0 Å². The van der Waals surface area contributed by atoms with E-state index in [-0.39, 0.29) is 23.4 Å². The topological polar surface area (TPSA) is 29.1 Å². The fourth-order valence-electron chi connectivity index (χ4n) is 2.29. The van der Waals surface area contributed by atoms with Crippen LogP contribution in [0.3, 0.4) is 0 Å². The first kappa shape index (κ1) is 12.3. The smallest absolute Gasteiger partial charge is 0.244 e. The Labute approximate surface area is 102 Å². The maximum atomic E-state index is 14.1. The summed E-state index contributed by atoms with van der Waals surface area (Å²) in [5, 5.41) is 2.88. The number of hydrogen-bond donors (Lipinski definition) is 1. The van der Waals surface area contributed by atoms with Crippen molar-refractivity contribution in [3.05, 3.63) is 35.9 Å². The molecule has 1 aromatic rings. The molecule has 0 bridgehead atoms. The maximum absolute atomic E-state index is 14.1. The van der Waals surface area contributed by atoms with Gasteiger partial charge in [0, 0.05) is 0 Å². The monoisotopic (exact) mass is 251 g/mol. The van der Waals surface area contributed by atoms with Crippen molar-refractivity contribution in [2.24, 2.45) is 5.92 Å². The summed E-state index contributed by atoms with van der Waals surface area (Å²) in [4.78, 5) is 11.6. The number of nitrogens with one attached hydrogen (secondary N) is 1. The molecule has 1 N–H and O–H groups in total. The lowest BCUT2D eigenvalue weighted by atomic mass is 9.83. The van der Waals surface area contributed by atoms with Crippen molar-refractivity contribution in [3.8, 4) is 0 Å². The summed E-state index contributed by atoms with van der Waals surface area (Å²) in [7, 11) is -2.77. The van der Waals surface area contributed by atoms with Crippen LogP contribution < -0.4 is 5.32 Å². The zero-order chi connectivity index (χ0) is 12.6. The Morgan fingerprint density at radius 3 is 2.35 bits per heavy atom. The largest absolute Gasteiger partial charge is 0.348 e. The van der Waals surface area contributed by atoms with Crippen molar-refractivity contribution in [1.29, 1.82) is 0 Å². The first-order chi connectivity index (χ1) is 7.91. The molecule has 1 fully saturated rings. The number of amides is 1. The van der Waals surface area contributed by atoms with Gasteiger partial charge in [-0.1, -0.05) is 37.3 Å². The molecule has 1 saturated heterocycles. The number of rotatable bonds is 3. The van der Waals surface area contributed by atoms with Gasteiger partial charge in [-0.25, -0.2) is 0 Å². The summed E-state index contributed by atoms with van der Waals surface area (Å²) in [6.07, 6.45) is 0. The van der Waals surface area contributed by atoms with Gasteiger partial charge in [-0.05, 0) is 24.2 Å². The third kappa shape index (κ3) is 2.27. The number of benzene rings is 1. The van der Waals surface area contributed by atoms with E-state index in [1.165, 1.54) is 0 Å². The Morgan fingerprint density at radius 2 is 1.88 bits per heavy atom. The van der Waals surface area contributed by atoms with Gasteiger partial charge in [0.05, 0.1) is 12.0 Å². The lowest BCUT2D eigenvalue weighted by molar-refractivity contribution is -0.135. The zero-order valence-corrected chi connectivity index (χ0v) is 11.4. The highest BCUT2D eigenvalue weighted by molar-refractivity contribution is 6.72. The van der Waals surface area contributed by atoms with E-state index in [0.717, 1.165) is 5.56 Å². The van der Waals surface area contributed by atoms with E-state index in [0.29, 0.717) is 0 Å². The van der Waals surface area contributed by atoms with E-state index < -0.39 is 8.41 Å². The SMILES string of the molecule is C[C@H]([C@@H]1C(=O)N[C@@H]1c1ccccc1)[Si](C)(C)F. The van der Waals surface area contributed by atoms with Crippen LogP contribution >= 0.6 is 0 Å². The minimum Gasteiger partial charge on any atom is -0.348 e. The van der Waals surface area contributed by atoms with E-state index >= 15 is 0 Å². The summed E-state index contributed by atoms with van der Waals surface area (Å²) in [5.74, 6) is -0.214. The van der Waals surface area contributed by atoms with Crippen molar-refractivity contribution in [2.45, 2.75) is 31.6 Å². The fraction of sp³-hybridized carbons (Fsp3) is 0.462. The van der Waals surface area contributed by atoms with E-state index in [4.69, 9.17) is 0 Å². The van der Waals surface area contributed by atoms with Gasteiger partial charge in [0.15, 0.2) is 0 Å². The number of hydrogen-bond acceptors (Lipinski definition) is 1. The second kappa shape index (κ2) is 4.26. The molecule has 0 unspecified atom stereocenters. The third-order valence-corrected chi connectivity index (χ3v) is 6.26. The molecular weight excluding hydrogens is 233 g/mol. The predicted octanol–water partition coefficient (Wildman–Crippen LogP) is 3.04. The molecule has 0 spiro atoms. The normalized spacial score (nSPS) is 26.0. The first-order valence-corrected chi connectivity index (χ1v) is 8.91. The fourth-order valence-corrected chi connectivity index (χ4v) is 3.49. The van der Waals surface area contributed by atoms with E-state index in [1.54, 1.807) is 13.1 Å². The summed E-state index contributed by atoms with van der Waals surface area (Å²) in [6, 6.07) is 9.78. The highest BCUT2D eigenvalue weighted by Gasteiger charge is 2.49. The Hall–Kier alpha value is -1.16. The molecule has 0 aliphatic carbocycles. The van der Waals surface area contributed by atoms with Crippen LogP contribution in [0.15, 0.2) is 30.3 Å². The molecule has 0 radical (unpaired) electrons. The number of carbonyl (C=O) groups is 1. The summed E-state index contributed by atoms with van der Waals surface area (Å²) in [5.41, 5.74) is 0.920. The quantitative estimate of drug-likeness (QED) is 0.499. The van der Waals surface area contributed by atoms with Crippen LogP contribution in [0.2, 0.25) is 18.6 Å². The van der Waals surface area contributed by atoms with Crippen LogP contribution in [0.1, 0.15) is 18.5 Å². The average molecular weight is 251 g/mol. The minimum atomic E-state index is -2.77. The van der Waals surface area contributed by atoms with Crippen LogP contribution in [0, 0.1) is 5.92 Å². The van der Waals surface area contributed by atoms with Gasteiger partial charge >= 0.3 is 0 Å². The molecule has 4 heteroatoms. The van der Waals surface area contributed by atoms with E-state index in [1.807, 2.05) is 37.3 Å². The van der Waals surface area contributed by atoms with Crippen molar-refractivity contribution in [2.75, 3.05) is 0 Å². The highest BCUT2D eigenvalue weighted by Crippen LogP contribution is 2.43. The summed E-state index contributed by atoms with van der Waals surface area (Å²) < 4.78 is 14.1. The zero-order valence-electron chi connectivity index (χ0n) is 10.4. The second-order valence-corrected chi connectivity index (χ2v) is 9.32. The lowest BCUT2D eigenvalue weighted by Crippen LogP contribution is -2.56. The summed E-state index contributed by atoms with van der Waals surface area (Å²) >= 11 is 0. The van der Waals surface area contributed by atoms with Crippen LogP contribution in [0.5, 0.6) is 0 Å². The van der Waals surface area contributed by atoms with Gasteiger partial charge < -0.3 is 9.42 Å². The van der Waals surface area contributed by atoms with Crippen molar-refractivity contribution >= 4 is 14.3 Å². The van der Waals surface area contributed by atoms with Crippen LogP contribution in [0.4, 0.5) is 4.11 Å². The van der Waals surface area contributed by atoms with Crippen molar-refractivity contribution in [3.63, 3.8) is 0 Å². The Balaban J connectivity index is 2.20. The molecule has 17 heavy (non-hydrogen) atoms.